The molecule has 2 aliphatic rings. The van der Waals surface area contributed by atoms with Crippen molar-refractivity contribution in [1.29, 1.82) is 0 Å². The Bertz CT molecular complexity index is 649. The molecule has 6 nitrogen and oxygen atoms in total. The van der Waals surface area contributed by atoms with E-state index in [1.165, 1.54) is 31.2 Å². The van der Waals surface area contributed by atoms with Gasteiger partial charge in [-0.1, -0.05) is 12.1 Å². The van der Waals surface area contributed by atoms with Gasteiger partial charge in [0.25, 0.3) is 0 Å². The van der Waals surface area contributed by atoms with Gasteiger partial charge in [-0.25, -0.2) is 4.68 Å². The molecule has 6 heteroatoms. The van der Waals surface area contributed by atoms with Crippen molar-refractivity contribution in [1.82, 2.24) is 25.1 Å². The van der Waals surface area contributed by atoms with E-state index in [-0.39, 0.29) is 0 Å². The van der Waals surface area contributed by atoms with E-state index in [1.807, 2.05) is 11.6 Å². The fourth-order valence-electron chi connectivity index (χ4n) is 3.45. The van der Waals surface area contributed by atoms with Gasteiger partial charge in [-0.15, -0.1) is 5.10 Å². The molecule has 2 fully saturated rings. The highest BCUT2D eigenvalue weighted by molar-refractivity contribution is 5.29. The summed E-state index contributed by atoms with van der Waals surface area (Å²) in [5.41, 5.74) is 1.36. The lowest BCUT2D eigenvalue weighted by Gasteiger charge is -2.24. The molecule has 1 aromatic carbocycles. The maximum absolute atomic E-state index is 5.54. The SMILES string of the molecule is CCOc1ccc([C@@H]2CCCN2Cc2nnnn2C2CC2)cc1. The zero-order valence-corrected chi connectivity index (χ0v) is 13.6. The Kier molecular flexibility index (Phi) is 3.99. The zero-order chi connectivity index (χ0) is 15.6. The first-order chi connectivity index (χ1) is 11.3. The molecular formula is C17H23N5O. The van der Waals surface area contributed by atoms with Crippen LogP contribution >= 0.6 is 0 Å². The van der Waals surface area contributed by atoms with Gasteiger partial charge in [-0.2, -0.15) is 0 Å². The van der Waals surface area contributed by atoms with Crippen LogP contribution in [0.3, 0.4) is 0 Å². The van der Waals surface area contributed by atoms with Crippen molar-refractivity contribution >= 4 is 0 Å². The number of nitrogens with zero attached hydrogens (tertiary/aromatic N) is 5. The van der Waals surface area contributed by atoms with Crippen LogP contribution in [0.5, 0.6) is 5.75 Å². The standard InChI is InChI=1S/C17H23N5O/c1-2-23-15-9-5-13(6-10-15)16-4-3-11-21(16)12-17-18-19-20-22(17)14-7-8-14/h5-6,9-10,14,16H,2-4,7-8,11-12H2,1H3/t16-/m0/s1. The van der Waals surface area contributed by atoms with Gasteiger partial charge in [0.05, 0.1) is 19.2 Å². The summed E-state index contributed by atoms with van der Waals surface area (Å²) in [4.78, 5) is 2.50. The van der Waals surface area contributed by atoms with Crippen molar-refractivity contribution in [2.75, 3.05) is 13.2 Å². The van der Waals surface area contributed by atoms with Crippen molar-refractivity contribution in [3.63, 3.8) is 0 Å². The van der Waals surface area contributed by atoms with Gasteiger partial charge in [0.1, 0.15) is 5.75 Å². The third-order valence-electron chi connectivity index (χ3n) is 4.74. The summed E-state index contributed by atoms with van der Waals surface area (Å²) in [7, 11) is 0. The largest absolute Gasteiger partial charge is 0.494 e. The third-order valence-corrected chi connectivity index (χ3v) is 4.74. The van der Waals surface area contributed by atoms with Gasteiger partial charge in [0.2, 0.25) is 0 Å². The molecule has 4 rings (SSSR count). The van der Waals surface area contributed by atoms with Crippen LogP contribution in [0.4, 0.5) is 0 Å². The normalized spacial score (nSPS) is 21.7. The average Bonchev–Trinajstić information content (AvgIpc) is 3.13. The second kappa shape index (κ2) is 6.28. The Labute approximate surface area is 136 Å². The monoisotopic (exact) mass is 313 g/mol. The number of aromatic nitrogens is 4. The summed E-state index contributed by atoms with van der Waals surface area (Å²) in [5.74, 6) is 1.95. The molecule has 1 aliphatic carbocycles. The molecule has 0 amide bonds. The summed E-state index contributed by atoms with van der Waals surface area (Å²) in [6, 6.07) is 9.52. The first-order valence-corrected chi connectivity index (χ1v) is 8.58. The highest BCUT2D eigenvalue weighted by atomic mass is 16.5. The molecule has 0 bridgehead atoms. The minimum atomic E-state index is 0.454. The molecule has 2 heterocycles. The van der Waals surface area contributed by atoms with Crippen LogP contribution in [-0.4, -0.2) is 38.3 Å². The molecule has 0 radical (unpaired) electrons. The highest BCUT2D eigenvalue weighted by Gasteiger charge is 2.31. The highest BCUT2D eigenvalue weighted by Crippen LogP contribution is 2.37. The number of likely N-dealkylation sites (tertiary alicyclic amines) is 1. The second-order valence-corrected chi connectivity index (χ2v) is 6.40. The Morgan fingerprint density at radius 2 is 2.00 bits per heavy atom. The molecule has 1 aromatic heterocycles. The number of hydrogen-bond donors (Lipinski definition) is 0. The van der Waals surface area contributed by atoms with E-state index in [9.17, 15) is 0 Å². The second-order valence-electron chi connectivity index (χ2n) is 6.40. The minimum absolute atomic E-state index is 0.454. The molecule has 0 N–H and O–H groups in total. The quantitative estimate of drug-likeness (QED) is 0.821. The lowest BCUT2D eigenvalue weighted by atomic mass is 10.0. The van der Waals surface area contributed by atoms with E-state index in [2.05, 4.69) is 44.7 Å². The van der Waals surface area contributed by atoms with Crippen LogP contribution in [0.1, 0.15) is 56.1 Å². The fourth-order valence-corrected chi connectivity index (χ4v) is 3.45. The Morgan fingerprint density at radius 3 is 2.74 bits per heavy atom. The predicted molar refractivity (Wildman–Crippen MR) is 86.1 cm³/mol. The molecule has 0 spiro atoms. The summed E-state index contributed by atoms with van der Waals surface area (Å²) >= 11 is 0. The van der Waals surface area contributed by atoms with Crippen LogP contribution in [-0.2, 0) is 6.54 Å². The van der Waals surface area contributed by atoms with E-state index >= 15 is 0 Å². The molecule has 0 unspecified atom stereocenters. The van der Waals surface area contributed by atoms with E-state index < -0.39 is 0 Å². The number of benzene rings is 1. The molecule has 1 atom stereocenters. The van der Waals surface area contributed by atoms with Crippen molar-refractivity contribution in [3.05, 3.63) is 35.7 Å². The molecule has 122 valence electrons. The Morgan fingerprint density at radius 1 is 1.17 bits per heavy atom. The first-order valence-electron chi connectivity index (χ1n) is 8.58. The topological polar surface area (TPSA) is 56.1 Å². The molecular weight excluding hydrogens is 290 g/mol. The maximum atomic E-state index is 5.54. The van der Waals surface area contributed by atoms with Crippen molar-refractivity contribution in [2.45, 2.75) is 51.2 Å². The molecule has 2 aromatic rings. The van der Waals surface area contributed by atoms with Crippen LogP contribution in [0, 0.1) is 0 Å². The minimum Gasteiger partial charge on any atom is -0.494 e. The maximum Gasteiger partial charge on any atom is 0.165 e. The van der Waals surface area contributed by atoms with Gasteiger partial charge in [0.15, 0.2) is 5.82 Å². The zero-order valence-electron chi connectivity index (χ0n) is 13.6. The van der Waals surface area contributed by atoms with Crippen LogP contribution in [0.15, 0.2) is 24.3 Å². The van der Waals surface area contributed by atoms with Crippen molar-refractivity contribution in [2.24, 2.45) is 0 Å². The van der Waals surface area contributed by atoms with Gasteiger partial charge in [-0.3, -0.25) is 4.90 Å². The summed E-state index contributed by atoms with van der Waals surface area (Å²) < 4.78 is 7.56. The van der Waals surface area contributed by atoms with Gasteiger partial charge in [-0.05, 0) is 67.3 Å². The van der Waals surface area contributed by atoms with E-state index in [0.717, 1.165) is 24.7 Å². The molecule has 1 saturated carbocycles. The van der Waals surface area contributed by atoms with E-state index in [4.69, 9.17) is 4.74 Å². The Hall–Kier alpha value is -1.95. The van der Waals surface area contributed by atoms with E-state index in [0.29, 0.717) is 18.7 Å². The first kappa shape index (κ1) is 14.6. The lowest BCUT2D eigenvalue weighted by Crippen LogP contribution is -2.25. The van der Waals surface area contributed by atoms with Crippen molar-refractivity contribution in [3.8, 4) is 5.75 Å². The molecule has 1 saturated heterocycles. The Balaban J connectivity index is 1.48. The molecule has 1 aliphatic heterocycles. The number of rotatable bonds is 6. The van der Waals surface area contributed by atoms with Crippen LogP contribution in [0.2, 0.25) is 0 Å². The summed E-state index contributed by atoms with van der Waals surface area (Å²) in [5, 5.41) is 12.3. The van der Waals surface area contributed by atoms with Crippen molar-refractivity contribution < 1.29 is 4.74 Å². The fraction of sp³-hybridized carbons (Fsp3) is 0.588. The average molecular weight is 313 g/mol. The van der Waals surface area contributed by atoms with E-state index in [1.54, 1.807) is 0 Å². The molecule has 23 heavy (non-hydrogen) atoms. The third kappa shape index (κ3) is 3.08. The van der Waals surface area contributed by atoms with Gasteiger partial charge >= 0.3 is 0 Å². The van der Waals surface area contributed by atoms with Crippen LogP contribution in [0.25, 0.3) is 0 Å². The number of hydrogen-bond acceptors (Lipinski definition) is 5. The lowest BCUT2D eigenvalue weighted by molar-refractivity contribution is 0.237. The summed E-state index contributed by atoms with van der Waals surface area (Å²) in [6.07, 6.45) is 4.84. The van der Waals surface area contributed by atoms with Gasteiger partial charge < -0.3 is 4.74 Å². The smallest absolute Gasteiger partial charge is 0.165 e. The van der Waals surface area contributed by atoms with Crippen LogP contribution < -0.4 is 4.74 Å². The predicted octanol–water partition coefficient (Wildman–Crippen LogP) is 2.74. The number of tetrazole rings is 1. The summed E-state index contributed by atoms with van der Waals surface area (Å²) in [6.45, 7) is 4.66. The van der Waals surface area contributed by atoms with Gasteiger partial charge in [0, 0.05) is 6.04 Å². The number of ether oxygens (including phenoxy) is 1.